The van der Waals surface area contributed by atoms with Gasteiger partial charge < -0.3 is 4.57 Å². The van der Waals surface area contributed by atoms with Gasteiger partial charge in [-0.05, 0) is 36.5 Å². The number of hydrogen-bond donors (Lipinski definition) is 0. The summed E-state index contributed by atoms with van der Waals surface area (Å²) in [6, 6.07) is 2.09. The Morgan fingerprint density at radius 1 is 1.47 bits per heavy atom. The lowest BCUT2D eigenvalue weighted by molar-refractivity contribution is 0.524. The van der Waals surface area contributed by atoms with E-state index in [1.54, 1.807) is 0 Å². The van der Waals surface area contributed by atoms with Gasteiger partial charge in [-0.1, -0.05) is 6.92 Å². The Morgan fingerprint density at radius 3 is 2.95 bits per heavy atom. The normalized spacial score (nSPS) is 13.1. The molecule has 0 saturated heterocycles. The molecule has 2 heterocycles. The summed E-state index contributed by atoms with van der Waals surface area (Å²) >= 11 is 7.77. The van der Waals surface area contributed by atoms with E-state index < -0.39 is 0 Å². The van der Waals surface area contributed by atoms with E-state index in [-0.39, 0.29) is 0 Å². The molecule has 0 aliphatic rings. The quantitative estimate of drug-likeness (QED) is 0.764. The molecule has 0 amide bonds. The summed E-state index contributed by atoms with van der Waals surface area (Å²) in [5, 5.41) is 0. The lowest BCUT2D eigenvalue weighted by atomic mass is 10.2. The Bertz CT molecular complexity index is 553. The molecule has 0 saturated carbocycles. The van der Waals surface area contributed by atoms with E-state index in [1.165, 1.54) is 0 Å². The number of pyridine rings is 1. The smallest absolute Gasteiger partial charge is 0.160 e. The van der Waals surface area contributed by atoms with Crippen molar-refractivity contribution in [3.05, 3.63) is 23.7 Å². The third-order valence-electron chi connectivity index (χ3n) is 3.06. The predicted octanol–water partition coefficient (Wildman–Crippen LogP) is 3.52. The lowest BCUT2D eigenvalue weighted by Crippen LogP contribution is -2.13. The van der Waals surface area contributed by atoms with Gasteiger partial charge in [0.25, 0.3) is 0 Å². The van der Waals surface area contributed by atoms with Crippen molar-refractivity contribution in [3.8, 4) is 0 Å². The first-order chi connectivity index (χ1) is 9.15. The fourth-order valence-corrected chi connectivity index (χ4v) is 3.12. The zero-order chi connectivity index (χ0) is 13.8. The molecule has 0 N–H and O–H groups in total. The minimum absolute atomic E-state index is 0.596. The molecule has 19 heavy (non-hydrogen) atoms. The molecule has 1 unspecified atom stereocenters. The molecule has 2 rings (SSSR count). The number of thioether (sulfide) groups is 1. The lowest BCUT2D eigenvalue weighted by Gasteiger charge is -2.13. The first kappa shape index (κ1) is 14.7. The summed E-state index contributed by atoms with van der Waals surface area (Å²) in [5.74, 6) is 3.39. The Kier molecular flexibility index (Phi) is 5.11. The standard InChI is InChI=1S/C14H20ClN3S/c1-10-6-12-14(16-7-10)18(8-11(2)9-19-3)13(17-12)4-5-15/h6-7,11H,4-5,8-9H2,1-3H3. The van der Waals surface area contributed by atoms with Gasteiger partial charge in [0.15, 0.2) is 5.65 Å². The van der Waals surface area contributed by atoms with Gasteiger partial charge in [-0.25, -0.2) is 9.97 Å². The van der Waals surface area contributed by atoms with Crippen LogP contribution in [0.15, 0.2) is 12.3 Å². The zero-order valence-electron chi connectivity index (χ0n) is 11.7. The Morgan fingerprint density at radius 2 is 2.26 bits per heavy atom. The van der Waals surface area contributed by atoms with Crippen molar-refractivity contribution < 1.29 is 0 Å². The van der Waals surface area contributed by atoms with Crippen molar-refractivity contribution in [1.29, 1.82) is 0 Å². The van der Waals surface area contributed by atoms with E-state index >= 15 is 0 Å². The van der Waals surface area contributed by atoms with Crippen LogP contribution in [0.5, 0.6) is 0 Å². The Hall–Kier alpha value is -0.740. The van der Waals surface area contributed by atoms with Crippen molar-refractivity contribution >= 4 is 34.5 Å². The maximum atomic E-state index is 5.89. The highest BCUT2D eigenvalue weighted by atomic mass is 35.5. The van der Waals surface area contributed by atoms with Crippen LogP contribution in [0.3, 0.4) is 0 Å². The van der Waals surface area contributed by atoms with E-state index in [0.29, 0.717) is 11.8 Å². The van der Waals surface area contributed by atoms with Gasteiger partial charge >= 0.3 is 0 Å². The molecule has 5 heteroatoms. The largest absolute Gasteiger partial charge is 0.312 e. The second-order valence-electron chi connectivity index (χ2n) is 4.99. The van der Waals surface area contributed by atoms with Gasteiger partial charge in [0.05, 0.1) is 0 Å². The average molecular weight is 298 g/mol. The second-order valence-corrected chi connectivity index (χ2v) is 6.28. The molecule has 3 nitrogen and oxygen atoms in total. The van der Waals surface area contributed by atoms with Crippen molar-refractivity contribution in [2.75, 3.05) is 17.9 Å². The van der Waals surface area contributed by atoms with Crippen molar-refractivity contribution in [3.63, 3.8) is 0 Å². The maximum Gasteiger partial charge on any atom is 0.160 e. The van der Waals surface area contributed by atoms with E-state index in [4.69, 9.17) is 11.6 Å². The summed E-state index contributed by atoms with van der Waals surface area (Å²) in [5.41, 5.74) is 3.11. The van der Waals surface area contributed by atoms with Crippen LogP contribution in [0.2, 0.25) is 0 Å². The minimum Gasteiger partial charge on any atom is -0.312 e. The van der Waals surface area contributed by atoms with Crippen LogP contribution >= 0.6 is 23.4 Å². The molecular formula is C14H20ClN3S. The van der Waals surface area contributed by atoms with Gasteiger partial charge in [0.1, 0.15) is 11.3 Å². The van der Waals surface area contributed by atoms with E-state index in [9.17, 15) is 0 Å². The number of alkyl halides is 1. The summed E-state index contributed by atoms with van der Waals surface area (Å²) in [7, 11) is 0. The molecule has 0 aliphatic carbocycles. The number of halogens is 1. The molecule has 1 atom stereocenters. The third kappa shape index (κ3) is 3.42. The predicted molar refractivity (Wildman–Crippen MR) is 84.2 cm³/mol. The highest BCUT2D eigenvalue weighted by Gasteiger charge is 2.14. The number of aromatic nitrogens is 3. The van der Waals surface area contributed by atoms with Crippen LogP contribution in [0, 0.1) is 12.8 Å². The molecule has 2 aromatic rings. The van der Waals surface area contributed by atoms with Gasteiger partial charge in [0, 0.05) is 25.0 Å². The zero-order valence-corrected chi connectivity index (χ0v) is 13.3. The number of hydrogen-bond acceptors (Lipinski definition) is 3. The maximum absolute atomic E-state index is 5.89. The topological polar surface area (TPSA) is 30.7 Å². The first-order valence-corrected chi connectivity index (χ1v) is 8.45. The molecule has 0 fully saturated rings. The number of nitrogens with zero attached hydrogens (tertiary/aromatic N) is 3. The van der Waals surface area contributed by atoms with E-state index in [2.05, 4.69) is 33.8 Å². The number of rotatable bonds is 6. The summed E-state index contributed by atoms with van der Waals surface area (Å²) in [6.07, 6.45) is 4.84. The van der Waals surface area contributed by atoms with Crippen molar-refractivity contribution in [1.82, 2.24) is 14.5 Å². The fourth-order valence-electron chi connectivity index (χ4n) is 2.27. The van der Waals surface area contributed by atoms with Gasteiger partial charge in [-0.3, -0.25) is 0 Å². The Balaban J connectivity index is 2.39. The fraction of sp³-hybridized carbons (Fsp3) is 0.571. The second kappa shape index (κ2) is 6.62. The monoisotopic (exact) mass is 297 g/mol. The molecular weight excluding hydrogens is 278 g/mol. The molecule has 0 spiro atoms. The third-order valence-corrected chi connectivity index (χ3v) is 4.16. The summed E-state index contributed by atoms with van der Waals surface area (Å²) < 4.78 is 2.23. The van der Waals surface area contributed by atoms with Crippen LogP contribution in [0.25, 0.3) is 11.2 Å². The van der Waals surface area contributed by atoms with Crippen LogP contribution in [0.1, 0.15) is 18.3 Å². The highest BCUT2D eigenvalue weighted by molar-refractivity contribution is 7.98. The SMILES string of the molecule is CSCC(C)Cn1c(CCCl)nc2cc(C)cnc21. The van der Waals surface area contributed by atoms with Crippen molar-refractivity contribution in [2.45, 2.75) is 26.8 Å². The molecule has 2 aromatic heterocycles. The Labute approximate surface area is 123 Å². The molecule has 0 bridgehead atoms. The van der Waals surface area contributed by atoms with Crippen LogP contribution in [0.4, 0.5) is 0 Å². The van der Waals surface area contributed by atoms with Gasteiger partial charge in [-0.2, -0.15) is 11.8 Å². The highest BCUT2D eigenvalue weighted by Crippen LogP contribution is 2.19. The average Bonchev–Trinajstić information content (AvgIpc) is 2.67. The van der Waals surface area contributed by atoms with Crippen LogP contribution < -0.4 is 0 Å². The first-order valence-electron chi connectivity index (χ1n) is 6.52. The van der Waals surface area contributed by atoms with Crippen molar-refractivity contribution in [2.24, 2.45) is 5.92 Å². The molecule has 0 radical (unpaired) electrons. The van der Waals surface area contributed by atoms with Crippen LogP contribution in [-0.2, 0) is 13.0 Å². The summed E-state index contributed by atoms with van der Waals surface area (Å²) in [6.45, 7) is 5.27. The van der Waals surface area contributed by atoms with Gasteiger partial charge in [0.2, 0.25) is 0 Å². The number of fused-ring (bicyclic) bond motifs is 1. The van der Waals surface area contributed by atoms with E-state index in [1.807, 2.05) is 24.9 Å². The van der Waals surface area contributed by atoms with Crippen LogP contribution in [-0.4, -0.2) is 32.4 Å². The van der Waals surface area contributed by atoms with Gasteiger partial charge in [-0.15, -0.1) is 11.6 Å². The molecule has 0 aliphatic heterocycles. The number of aryl methyl sites for hydroxylation is 2. The summed E-state index contributed by atoms with van der Waals surface area (Å²) in [4.78, 5) is 9.23. The molecule has 0 aromatic carbocycles. The number of imidazole rings is 1. The molecule has 104 valence electrons. The van der Waals surface area contributed by atoms with E-state index in [0.717, 1.165) is 41.3 Å². The minimum atomic E-state index is 0.596.